The van der Waals surface area contributed by atoms with Gasteiger partial charge >= 0.3 is 0 Å². The molecule has 2 aromatic rings. The van der Waals surface area contributed by atoms with Crippen LogP contribution in [0.1, 0.15) is 57.2 Å². The van der Waals surface area contributed by atoms with Crippen molar-refractivity contribution in [3.05, 3.63) is 65.2 Å². The Morgan fingerprint density at radius 2 is 1.59 bits per heavy atom. The Morgan fingerprint density at radius 1 is 0.926 bits per heavy atom. The summed E-state index contributed by atoms with van der Waals surface area (Å²) in [5.74, 6) is 0. The van der Waals surface area contributed by atoms with Gasteiger partial charge in [-0.05, 0) is 49.2 Å². The van der Waals surface area contributed by atoms with E-state index in [4.69, 9.17) is 4.84 Å². The summed E-state index contributed by atoms with van der Waals surface area (Å²) < 4.78 is 0. The maximum absolute atomic E-state index is 5.07. The van der Waals surface area contributed by atoms with Crippen LogP contribution in [0.25, 0.3) is 17.2 Å². The predicted octanol–water partition coefficient (Wildman–Crippen LogP) is 6.13. The summed E-state index contributed by atoms with van der Waals surface area (Å²) in [6.45, 7) is 9.05. The number of allylic oxidation sites excluding steroid dienone is 1. The van der Waals surface area contributed by atoms with E-state index in [0.717, 1.165) is 36.2 Å². The zero-order valence-electron chi connectivity index (χ0n) is 17.7. The third-order valence-electron chi connectivity index (χ3n) is 4.06. The van der Waals surface area contributed by atoms with Crippen LogP contribution in [0.5, 0.6) is 0 Å². The molecule has 0 bridgehead atoms. The van der Waals surface area contributed by atoms with E-state index in [0.29, 0.717) is 0 Å². The number of hydrogen-bond acceptors (Lipinski definition) is 3. The molecule has 0 heterocycles. The number of rotatable bonds is 6. The van der Waals surface area contributed by atoms with Gasteiger partial charge in [-0.25, -0.2) is 0 Å². The summed E-state index contributed by atoms with van der Waals surface area (Å²) in [7, 11) is 3.58. The quantitative estimate of drug-likeness (QED) is 0.420. The number of hydrogen-bond donors (Lipinski definition) is 1. The molecule has 3 heteroatoms. The highest BCUT2D eigenvalue weighted by atomic mass is 16.6. The smallest absolute Gasteiger partial charge is 0.118 e. The minimum Gasteiger partial charge on any atom is -0.399 e. The van der Waals surface area contributed by atoms with E-state index in [9.17, 15) is 0 Å². The van der Waals surface area contributed by atoms with Crippen molar-refractivity contribution in [3.8, 4) is 11.1 Å². The fourth-order valence-corrected chi connectivity index (χ4v) is 2.97. The fraction of sp³-hybridized carbons (Fsp3) is 0.375. The van der Waals surface area contributed by atoms with Crippen molar-refractivity contribution in [2.24, 2.45) is 5.16 Å². The van der Waals surface area contributed by atoms with Gasteiger partial charge in [0.05, 0.1) is 0 Å². The van der Waals surface area contributed by atoms with E-state index in [1.54, 1.807) is 7.11 Å². The van der Waals surface area contributed by atoms with Crippen molar-refractivity contribution in [1.29, 1.82) is 0 Å². The van der Waals surface area contributed by atoms with Gasteiger partial charge in [-0.2, -0.15) is 0 Å². The molecule has 0 atom stereocenters. The van der Waals surface area contributed by atoms with Crippen LogP contribution < -0.4 is 5.32 Å². The van der Waals surface area contributed by atoms with E-state index in [-0.39, 0.29) is 0 Å². The zero-order chi connectivity index (χ0) is 20.1. The van der Waals surface area contributed by atoms with Crippen LogP contribution in [0.2, 0.25) is 0 Å². The number of nitrogens with one attached hydrogen (secondary N) is 1. The Kier molecular flexibility index (Phi) is 10.8. The fourth-order valence-electron chi connectivity index (χ4n) is 2.97. The lowest BCUT2D eigenvalue weighted by atomic mass is 10.0. The molecule has 0 unspecified atom stereocenters. The zero-order valence-corrected chi connectivity index (χ0v) is 17.7. The highest BCUT2D eigenvalue weighted by Gasteiger charge is 2.25. The van der Waals surface area contributed by atoms with E-state index in [1.807, 2.05) is 40.8 Å². The lowest BCUT2D eigenvalue weighted by molar-refractivity contribution is 0.214. The molecule has 1 aliphatic carbocycles. The summed E-state index contributed by atoms with van der Waals surface area (Å²) in [6.07, 6.45) is 6.65. The molecule has 0 aromatic heterocycles. The molecule has 0 spiro atoms. The maximum Gasteiger partial charge on any atom is 0.118 e. The summed E-state index contributed by atoms with van der Waals surface area (Å²) >= 11 is 0. The van der Waals surface area contributed by atoms with Gasteiger partial charge in [0.25, 0.3) is 0 Å². The van der Waals surface area contributed by atoms with Gasteiger partial charge in [0.2, 0.25) is 0 Å². The Morgan fingerprint density at radius 3 is 2.26 bits per heavy atom. The van der Waals surface area contributed by atoms with E-state index < -0.39 is 0 Å². The second-order valence-corrected chi connectivity index (χ2v) is 5.62. The van der Waals surface area contributed by atoms with E-state index in [2.05, 4.69) is 59.0 Å². The van der Waals surface area contributed by atoms with Gasteiger partial charge in [-0.15, -0.1) is 0 Å². The molecule has 3 rings (SSSR count). The SMILES string of the molecule is CC.CC.CNCCC/C=C/c1ccc2c(c1)/C(=N\OC)c1ccccc1-2. The summed E-state index contributed by atoms with van der Waals surface area (Å²) in [6, 6.07) is 14.9. The minimum atomic E-state index is 0.920. The third-order valence-corrected chi connectivity index (χ3v) is 4.06. The van der Waals surface area contributed by atoms with Gasteiger partial charge in [-0.1, -0.05) is 81.4 Å². The molecule has 0 amide bonds. The van der Waals surface area contributed by atoms with Crippen molar-refractivity contribution in [2.75, 3.05) is 20.7 Å². The van der Waals surface area contributed by atoms with Crippen LogP contribution in [0, 0.1) is 0 Å². The number of nitrogens with zero attached hydrogens (tertiary/aromatic N) is 1. The van der Waals surface area contributed by atoms with Crippen LogP contribution in [0.4, 0.5) is 0 Å². The van der Waals surface area contributed by atoms with Gasteiger partial charge < -0.3 is 10.2 Å². The van der Waals surface area contributed by atoms with Gasteiger partial charge in [0.15, 0.2) is 0 Å². The summed E-state index contributed by atoms with van der Waals surface area (Å²) in [5, 5.41) is 7.42. The van der Waals surface area contributed by atoms with Crippen LogP contribution in [-0.2, 0) is 4.84 Å². The normalized spacial score (nSPS) is 12.6. The molecule has 0 fully saturated rings. The Labute approximate surface area is 165 Å². The second kappa shape index (κ2) is 12.9. The molecule has 2 aromatic carbocycles. The van der Waals surface area contributed by atoms with Gasteiger partial charge in [-0.3, -0.25) is 0 Å². The lowest BCUT2D eigenvalue weighted by Gasteiger charge is -2.02. The number of fused-ring (bicyclic) bond motifs is 3. The highest BCUT2D eigenvalue weighted by molar-refractivity contribution is 6.24. The number of benzene rings is 2. The molecule has 146 valence electrons. The monoisotopic (exact) mass is 366 g/mol. The van der Waals surface area contributed by atoms with Crippen molar-refractivity contribution in [1.82, 2.24) is 5.32 Å². The molecular weight excluding hydrogens is 332 g/mol. The molecule has 1 aliphatic rings. The maximum atomic E-state index is 5.07. The number of oxime groups is 1. The van der Waals surface area contributed by atoms with Crippen molar-refractivity contribution < 1.29 is 4.84 Å². The van der Waals surface area contributed by atoms with Gasteiger partial charge in [0.1, 0.15) is 12.8 Å². The van der Waals surface area contributed by atoms with Crippen LogP contribution >= 0.6 is 0 Å². The molecule has 27 heavy (non-hydrogen) atoms. The highest BCUT2D eigenvalue weighted by Crippen LogP contribution is 2.37. The molecule has 0 saturated carbocycles. The van der Waals surface area contributed by atoms with Gasteiger partial charge in [0, 0.05) is 11.1 Å². The second-order valence-electron chi connectivity index (χ2n) is 5.62. The predicted molar refractivity (Wildman–Crippen MR) is 119 cm³/mol. The summed E-state index contributed by atoms with van der Waals surface area (Å²) in [5.41, 5.74) is 6.85. The lowest BCUT2D eigenvalue weighted by Crippen LogP contribution is -2.06. The molecule has 0 saturated heterocycles. The standard InChI is InChI=1S/C20H22N2O.2C2H6/c1-21-13-7-3-4-8-15-11-12-17-16-9-5-6-10-18(16)20(22-23-2)19(17)14-15;2*1-2/h4-6,8-12,14,21H,3,7,13H2,1-2H3;2*1-2H3/b8-4+,22-20-;;. The van der Waals surface area contributed by atoms with E-state index in [1.165, 1.54) is 16.7 Å². The average Bonchev–Trinajstić information content (AvgIpc) is 3.05. The van der Waals surface area contributed by atoms with Crippen LogP contribution in [-0.4, -0.2) is 26.4 Å². The largest absolute Gasteiger partial charge is 0.399 e. The molecular formula is C24H34N2O. The summed E-state index contributed by atoms with van der Waals surface area (Å²) in [4.78, 5) is 5.07. The van der Waals surface area contributed by atoms with Crippen LogP contribution in [0.15, 0.2) is 53.7 Å². The first kappa shape index (κ1) is 22.7. The Bertz CT molecular complexity index is 748. The third kappa shape index (κ3) is 5.80. The first-order valence-corrected chi connectivity index (χ1v) is 10.0. The number of unbranched alkanes of at least 4 members (excludes halogenated alkanes) is 1. The molecule has 1 N–H and O–H groups in total. The van der Waals surface area contributed by atoms with E-state index >= 15 is 0 Å². The Balaban J connectivity index is 0.000000855. The first-order chi connectivity index (χ1) is 13.3. The van der Waals surface area contributed by atoms with Crippen molar-refractivity contribution in [3.63, 3.8) is 0 Å². The van der Waals surface area contributed by atoms with Crippen molar-refractivity contribution in [2.45, 2.75) is 40.5 Å². The molecule has 3 nitrogen and oxygen atoms in total. The van der Waals surface area contributed by atoms with Crippen LogP contribution in [0.3, 0.4) is 0 Å². The minimum absolute atomic E-state index is 0.920. The molecule has 0 aliphatic heterocycles. The molecule has 0 radical (unpaired) electrons. The average molecular weight is 367 g/mol. The van der Waals surface area contributed by atoms with Crippen molar-refractivity contribution >= 4 is 11.8 Å². The first-order valence-electron chi connectivity index (χ1n) is 10.0. The Hall–Kier alpha value is -2.39. The topological polar surface area (TPSA) is 33.6 Å².